The number of nitrogens with zero attached hydrogens (tertiary/aromatic N) is 2. The second kappa shape index (κ2) is 8.99. The van der Waals surface area contributed by atoms with Crippen LogP contribution in [0.2, 0.25) is 0 Å². The maximum absolute atomic E-state index is 12.3. The minimum absolute atomic E-state index is 0.261. The van der Waals surface area contributed by atoms with Crippen LogP contribution in [-0.2, 0) is 0 Å². The number of aromatic nitrogens is 2. The van der Waals surface area contributed by atoms with E-state index in [0.717, 1.165) is 13.0 Å². The van der Waals surface area contributed by atoms with E-state index in [2.05, 4.69) is 26.7 Å². The lowest BCUT2D eigenvalue weighted by Crippen LogP contribution is -2.15. The Bertz CT molecular complexity index is 772. The fourth-order valence-corrected chi connectivity index (χ4v) is 2.95. The first-order valence-electron chi connectivity index (χ1n) is 8.94. The highest BCUT2D eigenvalue weighted by Crippen LogP contribution is 2.23. The number of hydrogen-bond donors (Lipinski definition) is 2. The zero-order valence-electron chi connectivity index (χ0n) is 15.0. The van der Waals surface area contributed by atoms with Gasteiger partial charge in [-0.3, -0.25) is 4.79 Å². The molecule has 0 radical (unpaired) electrons. The molecule has 3 rings (SSSR count). The first-order chi connectivity index (χ1) is 12.8. The number of methoxy groups -OCH3 is 1. The molecule has 136 valence electrons. The van der Waals surface area contributed by atoms with Crippen LogP contribution in [0.4, 0.5) is 11.5 Å². The Balaban J connectivity index is 1.53. The van der Waals surface area contributed by atoms with Gasteiger partial charge in [0.05, 0.1) is 25.2 Å². The highest BCUT2D eigenvalue weighted by molar-refractivity contribution is 6.03. The average Bonchev–Trinajstić information content (AvgIpc) is 2.70. The molecular formula is C20H24N4O2. The summed E-state index contributed by atoms with van der Waals surface area (Å²) in [5.41, 5.74) is 2.38. The Labute approximate surface area is 153 Å². The highest BCUT2D eigenvalue weighted by atomic mass is 16.5. The van der Waals surface area contributed by atoms with E-state index in [1.54, 1.807) is 25.4 Å². The first kappa shape index (κ1) is 17.9. The van der Waals surface area contributed by atoms with Gasteiger partial charge in [-0.2, -0.15) is 0 Å². The Morgan fingerprint density at radius 2 is 2.08 bits per heavy atom. The molecular weight excluding hydrogens is 328 g/mol. The minimum atomic E-state index is -0.319. The number of rotatable bonds is 7. The SMILES string of the molecule is COc1ccccc1NC(=O)c1cnc(NCCC2=CCCCC2)cn1. The normalized spacial score (nSPS) is 13.7. The first-order valence-corrected chi connectivity index (χ1v) is 8.94. The molecule has 1 amide bonds. The van der Waals surface area contributed by atoms with E-state index in [1.165, 1.54) is 37.5 Å². The van der Waals surface area contributed by atoms with Crippen LogP contribution in [0.25, 0.3) is 0 Å². The van der Waals surface area contributed by atoms with Gasteiger partial charge in [0, 0.05) is 6.54 Å². The lowest BCUT2D eigenvalue weighted by atomic mass is 9.97. The van der Waals surface area contributed by atoms with Gasteiger partial charge in [0.1, 0.15) is 17.3 Å². The number of allylic oxidation sites excluding steroid dienone is 1. The van der Waals surface area contributed by atoms with Crippen LogP contribution in [0.1, 0.15) is 42.6 Å². The number of ether oxygens (including phenoxy) is 1. The predicted octanol–water partition coefficient (Wildman–Crippen LogP) is 4.04. The van der Waals surface area contributed by atoms with E-state index >= 15 is 0 Å². The number of carbonyl (C=O) groups is 1. The maximum atomic E-state index is 12.3. The van der Waals surface area contributed by atoms with Crippen molar-refractivity contribution >= 4 is 17.4 Å². The van der Waals surface area contributed by atoms with Crippen LogP contribution < -0.4 is 15.4 Å². The van der Waals surface area contributed by atoms with E-state index in [-0.39, 0.29) is 11.6 Å². The molecule has 2 aromatic rings. The van der Waals surface area contributed by atoms with E-state index in [0.29, 0.717) is 17.3 Å². The molecule has 2 N–H and O–H groups in total. The number of nitrogens with one attached hydrogen (secondary N) is 2. The second-order valence-corrected chi connectivity index (χ2v) is 6.23. The molecule has 0 saturated carbocycles. The van der Waals surface area contributed by atoms with Crippen LogP contribution >= 0.6 is 0 Å². The van der Waals surface area contributed by atoms with E-state index in [1.807, 2.05) is 12.1 Å². The van der Waals surface area contributed by atoms with Crippen molar-refractivity contribution in [1.82, 2.24) is 9.97 Å². The number of carbonyl (C=O) groups excluding carboxylic acids is 1. The number of hydrogen-bond acceptors (Lipinski definition) is 5. The molecule has 1 aromatic carbocycles. The Hall–Kier alpha value is -2.89. The molecule has 0 fully saturated rings. The molecule has 0 bridgehead atoms. The Kier molecular flexibility index (Phi) is 6.19. The summed E-state index contributed by atoms with van der Waals surface area (Å²) < 4.78 is 5.23. The standard InChI is InChI=1S/C20H24N4O2/c1-26-18-10-6-5-9-16(18)24-20(25)17-13-23-19(14-22-17)21-12-11-15-7-3-2-4-8-15/h5-7,9-10,13-14H,2-4,8,11-12H2,1H3,(H,21,23)(H,24,25). The van der Waals surface area contributed by atoms with Crippen molar-refractivity contribution in [2.45, 2.75) is 32.1 Å². The number of benzene rings is 1. The van der Waals surface area contributed by atoms with Crippen molar-refractivity contribution in [3.8, 4) is 5.75 Å². The molecule has 0 atom stereocenters. The molecule has 1 heterocycles. The zero-order valence-corrected chi connectivity index (χ0v) is 15.0. The fourth-order valence-electron chi connectivity index (χ4n) is 2.95. The van der Waals surface area contributed by atoms with Gasteiger partial charge in [-0.05, 0) is 44.2 Å². The maximum Gasteiger partial charge on any atom is 0.275 e. The summed E-state index contributed by atoms with van der Waals surface area (Å²) in [4.78, 5) is 20.8. The minimum Gasteiger partial charge on any atom is -0.495 e. The molecule has 1 aliphatic rings. The van der Waals surface area contributed by atoms with Gasteiger partial charge in [0.15, 0.2) is 0 Å². The van der Waals surface area contributed by atoms with Gasteiger partial charge in [0.2, 0.25) is 0 Å². The summed E-state index contributed by atoms with van der Waals surface area (Å²) in [7, 11) is 1.56. The van der Waals surface area contributed by atoms with Gasteiger partial charge in [-0.1, -0.05) is 23.8 Å². The Morgan fingerprint density at radius 1 is 1.19 bits per heavy atom. The average molecular weight is 352 g/mol. The quantitative estimate of drug-likeness (QED) is 0.736. The van der Waals surface area contributed by atoms with Gasteiger partial charge >= 0.3 is 0 Å². The van der Waals surface area contributed by atoms with Crippen LogP contribution in [-0.4, -0.2) is 29.5 Å². The third kappa shape index (κ3) is 4.81. The monoisotopic (exact) mass is 352 g/mol. The summed E-state index contributed by atoms with van der Waals surface area (Å²) in [6, 6.07) is 7.24. The van der Waals surface area contributed by atoms with Crippen molar-refractivity contribution in [2.24, 2.45) is 0 Å². The zero-order chi connectivity index (χ0) is 18.2. The van der Waals surface area contributed by atoms with Gasteiger partial charge in [0.25, 0.3) is 5.91 Å². The topological polar surface area (TPSA) is 76.1 Å². The molecule has 6 nitrogen and oxygen atoms in total. The van der Waals surface area contributed by atoms with Gasteiger partial charge in [-0.25, -0.2) is 9.97 Å². The van der Waals surface area contributed by atoms with Crippen LogP contribution in [0.5, 0.6) is 5.75 Å². The summed E-state index contributed by atoms with van der Waals surface area (Å²) in [5.74, 6) is 0.959. The highest BCUT2D eigenvalue weighted by Gasteiger charge is 2.11. The summed E-state index contributed by atoms with van der Waals surface area (Å²) in [6.07, 6.45) is 11.4. The molecule has 0 spiro atoms. The molecule has 0 aliphatic heterocycles. The fraction of sp³-hybridized carbons (Fsp3) is 0.350. The summed E-state index contributed by atoms with van der Waals surface area (Å²) >= 11 is 0. The third-order valence-electron chi connectivity index (χ3n) is 4.38. The Morgan fingerprint density at radius 3 is 2.81 bits per heavy atom. The smallest absolute Gasteiger partial charge is 0.275 e. The van der Waals surface area contributed by atoms with Crippen molar-refractivity contribution in [3.05, 3.63) is 54.0 Å². The van der Waals surface area contributed by atoms with Crippen molar-refractivity contribution < 1.29 is 9.53 Å². The summed E-state index contributed by atoms with van der Waals surface area (Å²) in [6.45, 7) is 0.827. The third-order valence-corrected chi connectivity index (χ3v) is 4.38. The lowest BCUT2D eigenvalue weighted by molar-refractivity contribution is 0.102. The number of anilines is 2. The van der Waals surface area contributed by atoms with Crippen LogP contribution in [0.3, 0.4) is 0 Å². The molecule has 0 saturated heterocycles. The van der Waals surface area contributed by atoms with Crippen LogP contribution in [0.15, 0.2) is 48.3 Å². The molecule has 1 aromatic heterocycles. The van der Waals surface area contributed by atoms with Gasteiger partial charge < -0.3 is 15.4 Å². The van der Waals surface area contributed by atoms with Gasteiger partial charge in [-0.15, -0.1) is 0 Å². The largest absolute Gasteiger partial charge is 0.495 e. The number of para-hydroxylation sites is 2. The summed E-state index contributed by atoms with van der Waals surface area (Å²) in [5, 5.41) is 6.05. The molecule has 0 unspecified atom stereocenters. The van der Waals surface area contributed by atoms with Crippen LogP contribution in [0, 0.1) is 0 Å². The van der Waals surface area contributed by atoms with E-state index in [4.69, 9.17) is 4.74 Å². The number of amides is 1. The van der Waals surface area contributed by atoms with E-state index in [9.17, 15) is 4.79 Å². The van der Waals surface area contributed by atoms with Crippen molar-refractivity contribution in [2.75, 3.05) is 24.3 Å². The lowest BCUT2D eigenvalue weighted by Gasteiger charge is -2.13. The predicted molar refractivity (Wildman–Crippen MR) is 103 cm³/mol. The van der Waals surface area contributed by atoms with Crippen molar-refractivity contribution in [1.29, 1.82) is 0 Å². The second-order valence-electron chi connectivity index (χ2n) is 6.23. The molecule has 1 aliphatic carbocycles. The molecule has 6 heteroatoms. The van der Waals surface area contributed by atoms with E-state index < -0.39 is 0 Å². The van der Waals surface area contributed by atoms with Crippen molar-refractivity contribution in [3.63, 3.8) is 0 Å². The molecule has 26 heavy (non-hydrogen) atoms.